The van der Waals surface area contributed by atoms with E-state index in [-0.39, 0.29) is 11.9 Å². The number of carbonyl (C=O) groups excluding carboxylic acids is 2. The third-order valence-electron chi connectivity index (χ3n) is 3.84. The van der Waals surface area contributed by atoms with Gasteiger partial charge in [-0.05, 0) is 33.3 Å². The average Bonchev–Trinajstić information content (AvgIpc) is 2.83. The van der Waals surface area contributed by atoms with E-state index in [4.69, 9.17) is 0 Å². The van der Waals surface area contributed by atoms with Crippen LogP contribution in [-0.4, -0.2) is 32.2 Å². The van der Waals surface area contributed by atoms with Crippen LogP contribution in [-0.2, 0) is 17.9 Å². The summed E-state index contributed by atoms with van der Waals surface area (Å²) in [4.78, 5) is 25.4. The van der Waals surface area contributed by atoms with Crippen LogP contribution in [0.1, 0.15) is 38.6 Å². The molecule has 6 heteroatoms. The highest BCUT2D eigenvalue weighted by atomic mass is 16.2. The molecule has 3 amide bonds. The summed E-state index contributed by atoms with van der Waals surface area (Å²) in [5.74, 6) is -0.223. The number of amides is 3. The Kier molecular flexibility index (Phi) is 3.34. The van der Waals surface area contributed by atoms with Crippen molar-refractivity contribution < 1.29 is 9.59 Å². The molecule has 1 fully saturated rings. The van der Waals surface area contributed by atoms with Gasteiger partial charge in [-0.25, -0.2) is 4.79 Å². The Morgan fingerprint density at radius 3 is 2.63 bits per heavy atom. The van der Waals surface area contributed by atoms with Gasteiger partial charge in [0.2, 0.25) is 0 Å². The Balaban J connectivity index is 2.31. The third-order valence-corrected chi connectivity index (χ3v) is 3.84. The van der Waals surface area contributed by atoms with Crippen LogP contribution in [0.15, 0.2) is 6.07 Å². The zero-order valence-corrected chi connectivity index (χ0v) is 11.9. The maximum atomic E-state index is 11.9. The molecule has 0 aromatic carbocycles. The fraction of sp³-hybridized carbons (Fsp3) is 0.615. The van der Waals surface area contributed by atoms with E-state index in [1.807, 2.05) is 31.5 Å². The minimum atomic E-state index is -0.770. The molecular formula is C13H20N4O2. The number of nitrogens with one attached hydrogen (secondary N) is 1. The number of aryl methyl sites for hydroxylation is 2. The lowest BCUT2D eigenvalue weighted by Gasteiger charge is -2.30. The fourth-order valence-electron chi connectivity index (χ4n) is 2.41. The summed E-state index contributed by atoms with van der Waals surface area (Å²) < 4.78 is 1.86. The summed E-state index contributed by atoms with van der Waals surface area (Å²) >= 11 is 0. The second kappa shape index (κ2) is 4.68. The molecule has 0 bridgehead atoms. The van der Waals surface area contributed by atoms with Crippen molar-refractivity contribution >= 4 is 11.9 Å². The van der Waals surface area contributed by atoms with E-state index in [2.05, 4.69) is 10.4 Å². The minimum absolute atomic E-state index is 0.223. The molecule has 0 radical (unpaired) electrons. The normalized spacial score (nSPS) is 23.1. The van der Waals surface area contributed by atoms with Gasteiger partial charge in [0, 0.05) is 6.54 Å². The summed E-state index contributed by atoms with van der Waals surface area (Å²) in [6, 6.07) is 1.63. The molecule has 0 saturated carbocycles. The van der Waals surface area contributed by atoms with Gasteiger partial charge < -0.3 is 4.90 Å². The van der Waals surface area contributed by atoms with E-state index in [1.165, 1.54) is 0 Å². The van der Waals surface area contributed by atoms with Crippen LogP contribution in [0.4, 0.5) is 4.79 Å². The predicted octanol–water partition coefficient (Wildman–Crippen LogP) is 1.43. The standard InChI is InChI=1S/C13H20N4O2/c1-5-13(4)11(18)14-12(19)16(13)8-10-7-9(3)15-17(10)6-2/h7H,5-6,8H2,1-4H3,(H,14,18,19). The van der Waals surface area contributed by atoms with Crippen LogP contribution in [0, 0.1) is 6.92 Å². The average molecular weight is 264 g/mol. The maximum Gasteiger partial charge on any atom is 0.325 e. The zero-order valence-electron chi connectivity index (χ0n) is 11.9. The first-order chi connectivity index (χ1) is 8.92. The van der Waals surface area contributed by atoms with Crippen LogP contribution in [0.3, 0.4) is 0 Å². The van der Waals surface area contributed by atoms with E-state index >= 15 is 0 Å². The summed E-state index contributed by atoms with van der Waals surface area (Å²) in [7, 11) is 0. The Morgan fingerprint density at radius 1 is 1.37 bits per heavy atom. The lowest BCUT2D eigenvalue weighted by atomic mass is 9.97. The highest BCUT2D eigenvalue weighted by molar-refractivity contribution is 6.06. The molecule has 6 nitrogen and oxygen atoms in total. The Labute approximate surface area is 112 Å². The van der Waals surface area contributed by atoms with Crippen molar-refractivity contribution in [3.63, 3.8) is 0 Å². The SMILES string of the molecule is CCn1nc(C)cc1CN1C(=O)NC(=O)C1(C)CC. The van der Waals surface area contributed by atoms with E-state index < -0.39 is 5.54 Å². The van der Waals surface area contributed by atoms with Crippen LogP contribution >= 0.6 is 0 Å². The number of carbonyl (C=O) groups is 2. The van der Waals surface area contributed by atoms with Gasteiger partial charge in [-0.15, -0.1) is 0 Å². The lowest BCUT2D eigenvalue weighted by molar-refractivity contribution is -0.126. The second-order valence-corrected chi connectivity index (χ2v) is 5.07. The minimum Gasteiger partial charge on any atom is -0.304 e. The molecular weight excluding hydrogens is 244 g/mol. The lowest BCUT2D eigenvalue weighted by Crippen LogP contribution is -2.46. The monoisotopic (exact) mass is 264 g/mol. The van der Waals surface area contributed by atoms with Gasteiger partial charge >= 0.3 is 6.03 Å². The fourth-order valence-corrected chi connectivity index (χ4v) is 2.41. The molecule has 0 aliphatic carbocycles. The predicted molar refractivity (Wildman–Crippen MR) is 70.4 cm³/mol. The van der Waals surface area contributed by atoms with Crippen LogP contribution in [0.2, 0.25) is 0 Å². The Morgan fingerprint density at radius 2 is 2.05 bits per heavy atom. The molecule has 1 saturated heterocycles. The number of imide groups is 1. The highest BCUT2D eigenvalue weighted by Gasteiger charge is 2.48. The summed E-state index contributed by atoms with van der Waals surface area (Å²) in [5.41, 5.74) is 1.10. The Hall–Kier alpha value is -1.85. The van der Waals surface area contributed by atoms with Gasteiger partial charge in [-0.2, -0.15) is 5.10 Å². The first kappa shape index (κ1) is 13.6. The smallest absolute Gasteiger partial charge is 0.304 e. The van der Waals surface area contributed by atoms with Crippen molar-refractivity contribution in [1.29, 1.82) is 0 Å². The quantitative estimate of drug-likeness (QED) is 0.837. The van der Waals surface area contributed by atoms with Gasteiger partial charge in [0.25, 0.3) is 5.91 Å². The first-order valence-electron chi connectivity index (χ1n) is 6.58. The Bertz CT molecular complexity index is 523. The van der Waals surface area contributed by atoms with Gasteiger partial charge in [0.15, 0.2) is 0 Å². The molecule has 1 atom stereocenters. The molecule has 1 aromatic rings. The van der Waals surface area contributed by atoms with Gasteiger partial charge in [0.05, 0.1) is 17.9 Å². The van der Waals surface area contributed by atoms with E-state index in [9.17, 15) is 9.59 Å². The van der Waals surface area contributed by atoms with Crippen molar-refractivity contribution in [3.8, 4) is 0 Å². The van der Waals surface area contributed by atoms with Crippen molar-refractivity contribution in [2.45, 2.75) is 52.7 Å². The summed E-state index contributed by atoms with van der Waals surface area (Å²) in [5, 5.41) is 6.75. The van der Waals surface area contributed by atoms with Gasteiger partial charge in [-0.3, -0.25) is 14.8 Å². The van der Waals surface area contributed by atoms with Crippen molar-refractivity contribution in [1.82, 2.24) is 20.0 Å². The van der Waals surface area contributed by atoms with Gasteiger partial charge in [0.1, 0.15) is 5.54 Å². The molecule has 1 aliphatic rings. The zero-order chi connectivity index (χ0) is 14.2. The highest BCUT2D eigenvalue weighted by Crippen LogP contribution is 2.27. The maximum absolute atomic E-state index is 11.9. The molecule has 1 aromatic heterocycles. The van der Waals surface area contributed by atoms with E-state index in [0.717, 1.165) is 17.9 Å². The molecule has 19 heavy (non-hydrogen) atoms. The number of urea groups is 1. The summed E-state index contributed by atoms with van der Waals surface area (Å²) in [6.45, 7) is 8.78. The van der Waals surface area contributed by atoms with Gasteiger partial charge in [-0.1, -0.05) is 6.92 Å². The number of aromatic nitrogens is 2. The molecule has 1 aliphatic heterocycles. The van der Waals surface area contributed by atoms with E-state index in [1.54, 1.807) is 11.8 Å². The van der Waals surface area contributed by atoms with Crippen LogP contribution in [0.25, 0.3) is 0 Å². The molecule has 1 unspecified atom stereocenters. The third kappa shape index (κ3) is 2.11. The number of rotatable bonds is 4. The molecule has 104 valence electrons. The molecule has 2 rings (SSSR count). The first-order valence-corrected chi connectivity index (χ1v) is 6.58. The second-order valence-electron chi connectivity index (χ2n) is 5.07. The van der Waals surface area contributed by atoms with Crippen LogP contribution in [0.5, 0.6) is 0 Å². The largest absolute Gasteiger partial charge is 0.325 e. The summed E-state index contributed by atoms with van der Waals surface area (Å²) in [6.07, 6.45) is 0.587. The number of hydrogen-bond acceptors (Lipinski definition) is 3. The number of hydrogen-bond donors (Lipinski definition) is 1. The molecule has 1 N–H and O–H groups in total. The van der Waals surface area contributed by atoms with Crippen molar-refractivity contribution in [2.24, 2.45) is 0 Å². The van der Waals surface area contributed by atoms with E-state index in [0.29, 0.717) is 13.0 Å². The molecule has 0 spiro atoms. The molecule has 2 heterocycles. The topological polar surface area (TPSA) is 67.2 Å². The van der Waals surface area contributed by atoms with Crippen molar-refractivity contribution in [2.75, 3.05) is 0 Å². The van der Waals surface area contributed by atoms with Crippen LogP contribution < -0.4 is 5.32 Å². The number of nitrogens with zero attached hydrogens (tertiary/aromatic N) is 3. The van der Waals surface area contributed by atoms with Crippen molar-refractivity contribution in [3.05, 3.63) is 17.5 Å².